The smallest absolute Gasteiger partial charge is 0.277 e. The highest BCUT2D eigenvalue weighted by atomic mass is 32.1. The average Bonchev–Trinajstić information content (AvgIpc) is 3.31. The number of rotatable bonds is 6. The maximum atomic E-state index is 13.0. The Kier molecular flexibility index (Phi) is 6.09. The molecule has 5 aromatic rings. The number of carbonyl (C=O) groups excluding carboxylic acids is 1. The van der Waals surface area contributed by atoms with E-state index in [2.05, 4.69) is 10.4 Å². The highest BCUT2D eigenvalue weighted by Gasteiger charge is 2.18. The lowest BCUT2D eigenvalue weighted by Crippen LogP contribution is -2.26. The summed E-state index contributed by atoms with van der Waals surface area (Å²) in [6.07, 6.45) is 0. The van der Waals surface area contributed by atoms with Gasteiger partial charge in [0.15, 0.2) is 5.13 Å². The first kappa shape index (κ1) is 21.5. The Morgan fingerprint density at radius 2 is 1.41 bits per heavy atom. The second kappa shape index (κ2) is 9.64. The molecule has 166 valence electrons. The maximum Gasteiger partial charge on any atom is 0.277 e. The molecule has 2 heterocycles. The van der Waals surface area contributed by atoms with E-state index in [0.717, 1.165) is 27.3 Å². The fraction of sp³-hybridized carbons (Fsp3) is 0.0370. The Balaban J connectivity index is 1.45. The molecule has 0 aliphatic heterocycles. The van der Waals surface area contributed by atoms with Gasteiger partial charge in [-0.2, -0.15) is 5.10 Å². The van der Waals surface area contributed by atoms with Crippen LogP contribution in [0.15, 0.2) is 108 Å². The first-order valence-corrected chi connectivity index (χ1v) is 11.5. The summed E-state index contributed by atoms with van der Waals surface area (Å²) in [6.45, 7) is 0.286. The number of nitrogens with one attached hydrogen (secondary N) is 1. The zero-order valence-electron chi connectivity index (χ0n) is 18.1. The molecule has 0 aliphatic carbocycles. The van der Waals surface area contributed by atoms with Crippen LogP contribution in [0.2, 0.25) is 0 Å². The number of amides is 1. The number of benzene rings is 3. The second-order valence-electron chi connectivity index (χ2n) is 7.58. The predicted octanol–water partition coefficient (Wildman–Crippen LogP) is 5.33. The molecular weight excluding hydrogens is 444 g/mol. The minimum absolute atomic E-state index is 0.147. The average molecular weight is 465 g/mol. The van der Waals surface area contributed by atoms with Gasteiger partial charge in [0.05, 0.1) is 17.1 Å². The van der Waals surface area contributed by atoms with E-state index in [4.69, 9.17) is 4.98 Å². The van der Waals surface area contributed by atoms with Crippen molar-refractivity contribution >= 4 is 22.4 Å². The van der Waals surface area contributed by atoms with Crippen molar-refractivity contribution in [2.45, 2.75) is 6.54 Å². The van der Waals surface area contributed by atoms with Gasteiger partial charge in [-0.1, -0.05) is 102 Å². The fourth-order valence-corrected chi connectivity index (χ4v) is 4.54. The molecule has 0 bridgehead atoms. The van der Waals surface area contributed by atoms with Gasteiger partial charge in [0.1, 0.15) is 5.69 Å². The zero-order valence-corrected chi connectivity index (χ0v) is 18.9. The van der Waals surface area contributed by atoms with Crippen LogP contribution in [0, 0.1) is 0 Å². The molecule has 0 spiro atoms. The molecule has 7 heteroatoms. The lowest BCUT2D eigenvalue weighted by Gasteiger charge is -2.07. The summed E-state index contributed by atoms with van der Waals surface area (Å²) >= 11 is 1.40. The van der Waals surface area contributed by atoms with Gasteiger partial charge in [-0.25, -0.2) is 9.67 Å². The zero-order chi connectivity index (χ0) is 23.3. The number of carbonyl (C=O) groups is 1. The van der Waals surface area contributed by atoms with Crippen LogP contribution in [-0.2, 0) is 6.54 Å². The lowest BCUT2D eigenvalue weighted by atomic mass is 10.1. The number of hydrogen-bond acceptors (Lipinski definition) is 5. The third-order valence-corrected chi connectivity index (χ3v) is 6.23. The van der Waals surface area contributed by atoms with Crippen molar-refractivity contribution in [2.75, 3.05) is 5.32 Å². The Morgan fingerprint density at radius 3 is 2.09 bits per heavy atom. The van der Waals surface area contributed by atoms with Gasteiger partial charge >= 0.3 is 0 Å². The van der Waals surface area contributed by atoms with Gasteiger partial charge in [-0.15, -0.1) is 0 Å². The summed E-state index contributed by atoms with van der Waals surface area (Å²) in [5.74, 6) is -0.421. The van der Waals surface area contributed by atoms with Crippen molar-refractivity contribution in [1.82, 2.24) is 14.8 Å². The Labute approximate surface area is 200 Å². The SMILES string of the molecule is O=C(Nc1nc(-c2ccccc2)c(-c2ccccc2)s1)c1ccc(=O)n(Cc2ccccc2)n1. The minimum atomic E-state index is -0.421. The van der Waals surface area contributed by atoms with Crippen LogP contribution >= 0.6 is 11.3 Å². The normalized spacial score (nSPS) is 10.7. The Hall–Kier alpha value is -4.36. The van der Waals surface area contributed by atoms with Crippen LogP contribution in [0.5, 0.6) is 0 Å². The molecule has 1 N–H and O–H groups in total. The molecule has 0 unspecified atom stereocenters. The van der Waals surface area contributed by atoms with Crippen molar-refractivity contribution in [3.8, 4) is 21.7 Å². The van der Waals surface area contributed by atoms with Gasteiger partial charge in [-0.05, 0) is 17.2 Å². The molecule has 3 aromatic carbocycles. The molecule has 0 saturated carbocycles. The highest BCUT2D eigenvalue weighted by molar-refractivity contribution is 7.19. The third-order valence-electron chi connectivity index (χ3n) is 5.21. The summed E-state index contributed by atoms with van der Waals surface area (Å²) < 4.78 is 1.29. The number of nitrogens with zero attached hydrogens (tertiary/aromatic N) is 3. The van der Waals surface area contributed by atoms with E-state index in [9.17, 15) is 9.59 Å². The molecule has 2 aromatic heterocycles. The van der Waals surface area contributed by atoms with Gasteiger partial charge in [-0.3, -0.25) is 14.9 Å². The molecule has 0 aliphatic rings. The lowest BCUT2D eigenvalue weighted by molar-refractivity contribution is 0.102. The van der Waals surface area contributed by atoms with Crippen LogP contribution in [-0.4, -0.2) is 20.7 Å². The van der Waals surface area contributed by atoms with E-state index >= 15 is 0 Å². The molecular formula is C27H20N4O2S. The first-order valence-electron chi connectivity index (χ1n) is 10.7. The van der Waals surface area contributed by atoms with E-state index in [1.165, 1.54) is 28.2 Å². The van der Waals surface area contributed by atoms with E-state index in [0.29, 0.717) is 5.13 Å². The summed E-state index contributed by atoms with van der Waals surface area (Å²) in [7, 11) is 0. The molecule has 0 atom stereocenters. The second-order valence-corrected chi connectivity index (χ2v) is 8.58. The molecule has 34 heavy (non-hydrogen) atoms. The molecule has 5 rings (SSSR count). The van der Waals surface area contributed by atoms with Crippen molar-refractivity contribution in [1.29, 1.82) is 0 Å². The number of aromatic nitrogens is 3. The van der Waals surface area contributed by atoms with Gasteiger partial charge in [0.2, 0.25) is 0 Å². The molecule has 6 nitrogen and oxygen atoms in total. The van der Waals surface area contributed by atoms with Crippen LogP contribution < -0.4 is 10.9 Å². The van der Waals surface area contributed by atoms with Crippen LogP contribution in [0.4, 0.5) is 5.13 Å². The van der Waals surface area contributed by atoms with E-state index in [-0.39, 0.29) is 17.8 Å². The van der Waals surface area contributed by atoms with Crippen molar-refractivity contribution < 1.29 is 4.79 Å². The standard InChI is InChI=1S/C27H20N4O2S/c32-23-17-16-22(30-31(23)18-19-10-4-1-5-11-19)26(33)29-27-28-24(20-12-6-2-7-13-20)25(34-27)21-14-8-3-9-15-21/h1-17H,18H2,(H,28,29,33). The topological polar surface area (TPSA) is 76.9 Å². The summed E-state index contributed by atoms with van der Waals surface area (Å²) in [5.41, 5.74) is 3.59. The van der Waals surface area contributed by atoms with Crippen LogP contribution in [0.25, 0.3) is 21.7 Å². The van der Waals surface area contributed by atoms with E-state index in [1.54, 1.807) is 0 Å². The number of thiazole rings is 1. The molecule has 0 saturated heterocycles. The van der Waals surface area contributed by atoms with Gasteiger partial charge in [0.25, 0.3) is 11.5 Å². The largest absolute Gasteiger partial charge is 0.296 e. The monoisotopic (exact) mass is 464 g/mol. The Bertz CT molecular complexity index is 1420. The number of hydrogen-bond donors (Lipinski definition) is 1. The van der Waals surface area contributed by atoms with Crippen molar-refractivity contribution in [3.05, 3.63) is 125 Å². The summed E-state index contributed by atoms with van der Waals surface area (Å²) in [4.78, 5) is 31.0. The molecule has 0 radical (unpaired) electrons. The van der Waals surface area contributed by atoms with Crippen molar-refractivity contribution in [2.24, 2.45) is 0 Å². The van der Waals surface area contributed by atoms with Crippen LogP contribution in [0.3, 0.4) is 0 Å². The minimum Gasteiger partial charge on any atom is -0.296 e. The van der Waals surface area contributed by atoms with Gasteiger partial charge in [0, 0.05) is 11.6 Å². The first-order chi connectivity index (χ1) is 16.7. The summed E-state index contributed by atoms with van der Waals surface area (Å²) in [6, 6.07) is 32.1. The van der Waals surface area contributed by atoms with Gasteiger partial charge < -0.3 is 0 Å². The number of anilines is 1. The summed E-state index contributed by atoms with van der Waals surface area (Å²) in [5, 5.41) is 7.60. The predicted molar refractivity (Wildman–Crippen MR) is 135 cm³/mol. The Morgan fingerprint density at radius 1 is 0.794 bits per heavy atom. The van der Waals surface area contributed by atoms with Crippen molar-refractivity contribution in [3.63, 3.8) is 0 Å². The third kappa shape index (κ3) is 4.69. The quantitative estimate of drug-likeness (QED) is 0.368. The molecule has 1 amide bonds. The van der Waals surface area contributed by atoms with E-state index in [1.807, 2.05) is 91.0 Å². The van der Waals surface area contributed by atoms with E-state index < -0.39 is 5.91 Å². The van der Waals surface area contributed by atoms with Crippen LogP contribution in [0.1, 0.15) is 16.1 Å². The maximum absolute atomic E-state index is 13.0. The fourth-order valence-electron chi connectivity index (χ4n) is 3.55. The molecule has 0 fully saturated rings. The highest BCUT2D eigenvalue weighted by Crippen LogP contribution is 2.38.